The van der Waals surface area contributed by atoms with E-state index in [1.54, 1.807) is 6.92 Å². The normalized spacial score (nSPS) is 11.3. The van der Waals surface area contributed by atoms with Gasteiger partial charge in [0.1, 0.15) is 14.9 Å². The number of aromatic carboxylic acids is 1. The number of nitrogens with zero attached hydrogens (tertiary/aromatic N) is 1. The van der Waals surface area contributed by atoms with E-state index in [4.69, 9.17) is 16.7 Å². The van der Waals surface area contributed by atoms with Crippen molar-refractivity contribution in [1.82, 2.24) is 4.98 Å². The Hall–Kier alpha value is -1.64. The molecule has 6 nitrogen and oxygen atoms in total. The standard InChI is InChI=1S/C11H9ClN2O4S2/c1-6-4-7(5-13-10(6)12)14-20(17,18)8-2-3-19-9(8)11(15)16/h2-5,14H,1H3,(H,15,16). The highest BCUT2D eigenvalue weighted by atomic mass is 35.5. The maximum Gasteiger partial charge on any atom is 0.347 e. The quantitative estimate of drug-likeness (QED) is 0.839. The zero-order chi connectivity index (χ0) is 14.9. The van der Waals surface area contributed by atoms with E-state index in [0.29, 0.717) is 5.56 Å². The van der Waals surface area contributed by atoms with Gasteiger partial charge in [-0.05, 0) is 30.0 Å². The number of aromatic nitrogens is 1. The third-order valence-corrected chi connectivity index (χ3v) is 5.23. The monoisotopic (exact) mass is 332 g/mol. The third kappa shape index (κ3) is 2.92. The summed E-state index contributed by atoms with van der Waals surface area (Å²) in [5.74, 6) is -1.29. The SMILES string of the molecule is Cc1cc(NS(=O)(=O)c2ccsc2C(=O)O)cnc1Cl. The van der Waals surface area contributed by atoms with E-state index in [2.05, 4.69) is 9.71 Å². The summed E-state index contributed by atoms with van der Waals surface area (Å²) in [7, 11) is -3.98. The van der Waals surface area contributed by atoms with Crippen molar-refractivity contribution in [3.8, 4) is 0 Å². The van der Waals surface area contributed by atoms with Crippen molar-refractivity contribution in [3.05, 3.63) is 39.3 Å². The fourth-order valence-electron chi connectivity index (χ4n) is 1.49. The summed E-state index contributed by atoms with van der Waals surface area (Å²) >= 11 is 6.60. The van der Waals surface area contributed by atoms with Crippen LogP contribution in [0.25, 0.3) is 0 Å². The molecule has 2 rings (SSSR count). The number of carboxylic acids is 1. The molecular formula is C11H9ClN2O4S2. The number of nitrogens with one attached hydrogen (secondary N) is 1. The van der Waals surface area contributed by atoms with Crippen LogP contribution in [-0.4, -0.2) is 24.5 Å². The number of aryl methyl sites for hydroxylation is 1. The van der Waals surface area contributed by atoms with E-state index in [-0.39, 0.29) is 20.6 Å². The van der Waals surface area contributed by atoms with Gasteiger partial charge in [-0.2, -0.15) is 0 Å². The minimum atomic E-state index is -3.98. The molecule has 20 heavy (non-hydrogen) atoms. The Bertz CT molecular complexity index is 770. The van der Waals surface area contributed by atoms with Gasteiger partial charge in [-0.25, -0.2) is 18.2 Å². The maximum atomic E-state index is 12.2. The van der Waals surface area contributed by atoms with Gasteiger partial charge in [-0.3, -0.25) is 4.72 Å². The number of carboxylic acid groups (broad SMARTS) is 1. The Morgan fingerprint density at radius 3 is 2.80 bits per heavy atom. The molecule has 0 saturated carbocycles. The summed E-state index contributed by atoms with van der Waals surface area (Å²) in [6, 6.07) is 2.76. The van der Waals surface area contributed by atoms with Crippen molar-refractivity contribution in [2.24, 2.45) is 0 Å². The van der Waals surface area contributed by atoms with Gasteiger partial charge >= 0.3 is 5.97 Å². The molecule has 0 amide bonds. The molecule has 0 aliphatic heterocycles. The largest absolute Gasteiger partial charge is 0.477 e. The Morgan fingerprint density at radius 2 is 2.20 bits per heavy atom. The van der Waals surface area contributed by atoms with Crippen molar-refractivity contribution in [2.45, 2.75) is 11.8 Å². The number of halogens is 1. The van der Waals surface area contributed by atoms with Crippen molar-refractivity contribution >= 4 is 44.6 Å². The average molecular weight is 333 g/mol. The van der Waals surface area contributed by atoms with Gasteiger partial charge < -0.3 is 5.11 Å². The predicted molar refractivity (Wildman–Crippen MR) is 76.1 cm³/mol. The second-order valence-corrected chi connectivity index (χ2v) is 6.78. The van der Waals surface area contributed by atoms with Gasteiger partial charge in [0.25, 0.3) is 10.0 Å². The van der Waals surface area contributed by atoms with Crippen LogP contribution in [-0.2, 0) is 10.0 Å². The van der Waals surface area contributed by atoms with Crippen LogP contribution in [0.15, 0.2) is 28.6 Å². The number of pyridine rings is 1. The number of anilines is 1. The van der Waals surface area contributed by atoms with E-state index in [1.807, 2.05) is 0 Å². The van der Waals surface area contributed by atoms with Gasteiger partial charge in [0.2, 0.25) is 0 Å². The Morgan fingerprint density at radius 1 is 1.50 bits per heavy atom. The summed E-state index contributed by atoms with van der Waals surface area (Å²) in [6.45, 7) is 1.68. The van der Waals surface area contributed by atoms with Gasteiger partial charge in [-0.1, -0.05) is 11.6 Å². The highest BCUT2D eigenvalue weighted by molar-refractivity contribution is 7.93. The minimum Gasteiger partial charge on any atom is -0.477 e. The first-order valence-electron chi connectivity index (χ1n) is 5.27. The van der Waals surface area contributed by atoms with E-state index in [0.717, 1.165) is 11.3 Å². The summed E-state index contributed by atoms with van der Waals surface area (Å²) in [5, 5.41) is 10.6. The van der Waals surface area contributed by atoms with Crippen LogP contribution < -0.4 is 4.72 Å². The second-order valence-electron chi connectivity index (χ2n) is 3.86. The summed E-state index contributed by atoms with van der Waals surface area (Å²) < 4.78 is 26.6. The molecule has 0 aliphatic rings. The summed E-state index contributed by atoms with van der Waals surface area (Å²) in [6.07, 6.45) is 1.26. The molecule has 2 N–H and O–H groups in total. The molecule has 2 aromatic rings. The van der Waals surface area contributed by atoms with Crippen LogP contribution in [0.2, 0.25) is 5.15 Å². The lowest BCUT2D eigenvalue weighted by atomic mass is 10.3. The molecule has 106 valence electrons. The average Bonchev–Trinajstić information content (AvgIpc) is 2.83. The molecule has 0 saturated heterocycles. The van der Waals surface area contributed by atoms with E-state index < -0.39 is 16.0 Å². The highest BCUT2D eigenvalue weighted by Crippen LogP contribution is 2.25. The summed E-state index contributed by atoms with van der Waals surface area (Å²) in [4.78, 5) is 14.3. The van der Waals surface area contributed by atoms with E-state index >= 15 is 0 Å². The first kappa shape index (κ1) is 14.8. The zero-order valence-corrected chi connectivity index (χ0v) is 12.5. The predicted octanol–water partition coefficient (Wildman–Crippen LogP) is 2.60. The molecule has 0 radical (unpaired) electrons. The van der Waals surface area contributed by atoms with Crippen LogP contribution in [0.4, 0.5) is 5.69 Å². The molecule has 0 aromatic carbocycles. The fourth-order valence-corrected chi connectivity index (χ4v) is 3.89. The van der Waals surface area contributed by atoms with Gasteiger partial charge in [0.05, 0.1) is 11.9 Å². The molecule has 0 bridgehead atoms. The number of hydrogen-bond acceptors (Lipinski definition) is 5. The highest BCUT2D eigenvalue weighted by Gasteiger charge is 2.24. The van der Waals surface area contributed by atoms with Crippen molar-refractivity contribution < 1.29 is 18.3 Å². The molecule has 0 aliphatic carbocycles. The molecule has 9 heteroatoms. The topological polar surface area (TPSA) is 96.4 Å². The van der Waals surface area contributed by atoms with Crippen molar-refractivity contribution in [3.63, 3.8) is 0 Å². The lowest BCUT2D eigenvalue weighted by Gasteiger charge is -2.08. The van der Waals surface area contributed by atoms with E-state index in [1.165, 1.54) is 23.7 Å². The Kier molecular flexibility index (Phi) is 3.98. The van der Waals surface area contributed by atoms with Crippen LogP contribution in [0.5, 0.6) is 0 Å². The molecule has 2 heterocycles. The third-order valence-electron chi connectivity index (χ3n) is 2.38. The molecule has 0 spiro atoms. The van der Waals surface area contributed by atoms with Gasteiger partial charge in [0, 0.05) is 0 Å². The fraction of sp³-hybridized carbons (Fsp3) is 0.0909. The van der Waals surface area contributed by atoms with Crippen molar-refractivity contribution in [1.29, 1.82) is 0 Å². The molecule has 0 unspecified atom stereocenters. The second kappa shape index (κ2) is 5.39. The molecule has 2 aromatic heterocycles. The number of rotatable bonds is 4. The molecular weight excluding hydrogens is 324 g/mol. The molecule has 0 atom stereocenters. The lowest BCUT2D eigenvalue weighted by molar-refractivity contribution is 0.0698. The van der Waals surface area contributed by atoms with Crippen LogP contribution in [0.3, 0.4) is 0 Å². The minimum absolute atomic E-state index is 0.217. The number of carbonyl (C=O) groups is 1. The number of sulfonamides is 1. The van der Waals surface area contributed by atoms with Gasteiger partial charge in [0.15, 0.2) is 0 Å². The maximum absolute atomic E-state index is 12.2. The number of thiophene rings is 1. The first-order valence-corrected chi connectivity index (χ1v) is 8.01. The Balaban J connectivity index is 2.38. The number of hydrogen-bond donors (Lipinski definition) is 2. The Labute approximate surface area is 124 Å². The first-order chi connectivity index (χ1) is 9.31. The lowest BCUT2D eigenvalue weighted by Crippen LogP contribution is -2.15. The van der Waals surface area contributed by atoms with Crippen LogP contribution in [0, 0.1) is 6.92 Å². The zero-order valence-electron chi connectivity index (χ0n) is 10.1. The van der Waals surface area contributed by atoms with E-state index in [9.17, 15) is 13.2 Å². The smallest absolute Gasteiger partial charge is 0.347 e. The molecule has 0 fully saturated rings. The van der Waals surface area contributed by atoms with Crippen molar-refractivity contribution in [2.75, 3.05) is 4.72 Å². The van der Waals surface area contributed by atoms with Crippen LogP contribution in [0.1, 0.15) is 15.2 Å². The van der Waals surface area contributed by atoms with Gasteiger partial charge in [-0.15, -0.1) is 11.3 Å². The summed E-state index contributed by atoms with van der Waals surface area (Å²) in [5.41, 5.74) is 0.824. The van der Waals surface area contributed by atoms with Crippen LogP contribution >= 0.6 is 22.9 Å².